The van der Waals surface area contributed by atoms with E-state index in [2.05, 4.69) is 39.1 Å². The molecule has 0 saturated carbocycles. The molecule has 110 valence electrons. The molecule has 1 aliphatic rings. The van der Waals surface area contributed by atoms with Crippen molar-refractivity contribution in [3.63, 3.8) is 0 Å². The van der Waals surface area contributed by atoms with Gasteiger partial charge in [-0.2, -0.15) is 0 Å². The third-order valence-corrected chi connectivity index (χ3v) is 3.88. The minimum Gasteiger partial charge on any atom is -0.368 e. The fourth-order valence-corrected chi connectivity index (χ4v) is 2.67. The molecule has 1 aromatic heterocycles. The molecule has 5 nitrogen and oxygen atoms in total. The van der Waals surface area contributed by atoms with Crippen LogP contribution in [0.4, 0.5) is 5.69 Å². The normalized spacial score (nSPS) is 15.2. The van der Waals surface area contributed by atoms with Gasteiger partial charge in [0.25, 0.3) is 0 Å². The van der Waals surface area contributed by atoms with Gasteiger partial charge in [-0.25, -0.2) is 4.98 Å². The molecule has 0 radical (unpaired) electrons. The van der Waals surface area contributed by atoms with Gasteiger partial charge in [-0.05, 0) is 12.1 Å². The van der Waals surface area contributed by atoms with Crippen LogP contribution in [-0.2, 0) is 11.2 Å². The van der Waals surface area contributed by atoms with E-state index in [9.17, 15) is 4.79 Å². The van der Waals surface area contributed by atoms with E-state index >= 15 is 0 Å². The lowest BCUT2D eigenvalue weighted by molar-refractivity contribution is -0.131. The molecule has 1 fully saturated rings. The van der Waals surface area contributed by atoms with Crippen LogP contribution in [0.1, 0.15) is 12.2 Å². The maximum atomic E-state index is 12.2. The smallest absolute Gasteiger partial charge is 0.223 e. The van der Waals surface area contributed by atoms with Gasteiger partial charge in [-0.15, -0.1) is 0 Å². The second-order valence-electron chi connectivity index (χ2n) is 5.24. The Hall–Kier alpha value is -2.30. The molecule has 0 unspecified atom stereocenters. The van der Waals surface area contributed by atoms with E-state index in [1.807, 2.05) is 11.0 Å². The summed E-state index contributed by atoms with van der Waals surface area (Å²) in [5.41, 5.74) is 1.24. The number of piperazine rings is 1. The van der Waals surface area contributed by atoms with Crippen molar-refractivity contribution in [2.75, 3.05) is 31.1 Å². The van der Waals surface area contributed by atoms with Crippen LogP contribution in [0, 0.1) is 0 Å². The summed E-state index contributed by atoms with van der Waals surface area (Å²) in [6.07, 6.45) is 4.72. The van der Waals surface area contributed by atoms with Gasteiger partial charge in [0.2, 0.25) is 5.91 Å². The summed E-state index contributed by atoms with van der Waals surface area (Å²) in [6.45, 7) is 3.39. The van der Waals surface area contributed by atoms with E-state index in [-0.39, 0.29) is 5.91 Å². The lowest BCUT2D eigenvalue weighted by Gasteiger charge is -2.36. The number of rotatable bonds is 4. The molecule has 1 amide bonds. The van der Waals surface area contributed by atoms with Crippen LogP contribution < -0.4 is 4.90 Å². The Morgan fingerprint density at radius 1 is 1.14 bits per heavy atom. The molecule has 0 aliphatic carbocycles. The highest BCUT2D eigenvalue weighted by atomic mass is 16.2. The summed E-state index contributed by atoms with van der Waals surface area (Å²) >= 11 is 0. The number of benzene rings is 1. The minimum absolute atomic E-state index is 0.221. The van der Waals surface area contributed by atoms with E-state index in [1.54, 1.807) is 12.4 Å². The number of carbonyl (C=O) groups is 1. The molecule has 1 aliphatic heterocycles. The van der Waals surface area contributed by atoms with Crippen LogP contribution in [0.25, 0.3) is 0 Å². The van der Waals surface area contributed by atoms with E-state index < -0.39 is 0 Å². The number of hydrogen-bond donors (Lipinski definition) is 1. The largest absolute Gasteiger partial charge is 0.368 e. The predicted octanol–water partition coefficient (Wildman–Crippen LogP) is 1.69. The van der Waals surface area contributed by atoms with Crippen molar-refractivity contribution >= 4 is 11.6 Å². The van der Waals surface area contributed by atoms with E-state index in [0.717, 1.165) is 32.0 Å². The first kappa shape index (κ1) is 13.7. The highest BCUT2D eigenvalue weighted by Crippen LogP contribution is 2.16. The quantitative estimate of drug-likeness (QED) is 0.929. The number of hydrogen-bond acceptors (Lipinski definition) is 3. The lowest BCUT2D eigenvalue weighted by atomic mass is 10.2. The monoisotopic (exact) mass is 284 g/mol. The Labute approximate surface area is 124 Å². The molecule has 1 aromatic carbocycles. The summed E-state index contributed by atoms with van der Waals surface area (Å²) in [6, 6.07) is 10.4. The number of imidazole rings is 1. The van der Waals surface area contributed by atoms with Crippen molar-refractivity contribution in [2.45, 2.75) is 12.8 Å². The standard InChI is InChI=1S/C16H20N4O/c21-16(7-6-15-17-8-9-18-15)20-12-10-19(11-13-20)14-4-2-1-3-5-14/h1-5,8-9H,6-7,10-13H2,(H,17,18). The van der Waals surface area contributed by atoms with Gasteiger partial charge in [0.1, 0.15) is 5.82 Å². The Kier molecular flexibility index (Phi) is 4.19. The van der Waals surface area contributed by atoms with E-state index in [4.69, 9.17) is 0 Å². The number of aromatic nitrogens is 2. The van der Waals surface area contributed by atoms with Crippen molar-refractivity contribution in [3.8, 4) is 0 Å². The molecule has 2 aromatic rings. The third kappa shape index (κ3) is 3.42. The van der Waals surface area contributed by atoms with Crippen LogP contribution in [0.2, 0.25) is 0 Å². The lowest BCUT2D eigenvalue weighted by Crippen LogP contribution is -2.48. The van der Waals surface area contributed by atoms with Crippen LogP contribution in [0.3, 0.4) is 0 Å². The van der Waals surface area contributed by atoms with Gasteiger partial charge < -0.3 is 14.8 Å². The molecular formula is C16H20N4O. The number of anilines is 1. The number of para-hydroxylation sites is 1. The number of carbonyl (C=O) groups excluding carboxylic acids is 1. The van der Waals surface area contributed by atoms with Gasteiger partial charge in [-0.1, -0.05) is 18.2 Å². The van der Waals surface area contributed by atoms with Crippen molar-refractivity contribution in [3.05, 3.63) is 48.5 Å². The zero-order valence-electron chi connectivity index (χ0n) is 12.0. The Bertz CT molecular complexity index is 559. The number of nitrogens with zero attached hydrogens (tertiary/aromatic N) is 3. The Morgan fingerprint density at radius 2 is 1.90 bits per heavy atom. The molecular weight excluding hydrogens is 264 g/mol. The number of nitrogens with one attached hydrogen (secondary N) is 1. The number of amides is 1. The maximum Gasteiger partial charge on any atom is 0.223 e. The first-order valence-corrected chi connectivity index (χ1v) is 7.39. The minimum atomic E-state index is 0.221. The van der Waals surface area contributed by atoms with Crippen molar-refractivity contribution < 1.29 is 4.79 Å². The van der Waals surface area contributed by atoms with Crippen LogP contribution in [-0.4, -0.2) is 47.0 Å². The van der Waals surface area contributed by atoms with E-state index in [1.165, 1.54) is 5.69 Å². The molecule has 3 rings (SSSR count). The molecule has 5 heteroatoms. The number of aryl methyl sites for hydroxylation is 1. The van der Waals surface area contributed by atoms with Gasteiger partial charge >= 0.3 is 0 Å². The summed E-state index contributed by atoms with van der Waals surface area (Å²) in [5.74, 6) is 1.10. The second kappa shape index (κ2) is 6.43. The summed E-state index contributed by atoms with van der Waals surface area (Å²) in [5, 5.41) is 0. The number of aromatic amines is 1. The molecule has 1 saturated heterocycles. The van der Waals surface area contributed by atoms with Crippen molar-refractivity contribution in [1.29, 1.82) is 0 Å². The SMILES string of the molecule is O=C(CCc1ncc[nH]1)N1CCN(c2ccccc2)CC1. The first-order valence-electron chi connectivity index (χ1n) is 7.39. The highest BCUT2D eigenvalue weighted by Gasteiger charge is 2.20. The summed E-state index contributed by atoms with van der Waals surface area (Å²) < 4.78 is 0. The third-order valence-electron chi connectivity index (χ3n) is 3.88. The molecule has 0 atom stereocenters. The summed E-state index contributed by atoms with van der Waals surface area (Å²) in [7, 11) is 0. The first-order chi connectivity index (χ1) is 10.3. The number of H-pyrrole nitrogens is 1. The Balaban J connectivity index is 1.48. The topological polar surface area (TPSA) is 52.2 Å². The van der Waals surface area contributed by atoms with Gasteiger partial charge in [0, 0.05) is 57.1 Å². The van der Waals surface area contributed by atoms with Gasteiger partial charge in [0.15, 0.2) is 0 Å². The average molecular weight is 284 g/mol. The van der Waals surface area contributed by atoms with Gasteiger partial charge in [-0.3, -0.25) is 4.79 Å². The molecule has 2 heterocycles. The molecule has 1 N–H and O–H groups in total. The molecule has 21 heavy (non-hydrogen) atoms. The Morgan fingerprint density at radius 3 is 2.57 bits per heavy atom. The average Bonchev–Trinajstić information content (AvgIpc) is 3.07. The van der Waals surface area contributed by atoms with Gasteiger partial charge in [0.05, 0.1) is 0 Å². The zero-order valence-corrected chi connectivity index (χ0v) is 12.0. The zero-order chi connectivity index (χ0) is 14.5. The summed E-state index contributed by atoms with van der Waals surface area (Å²) in [4.78, 5) is 23.7. The van der Waals surface area contributed by atoms with Crippen LogP contribution in [0.5, 0.6) is 0 Å². The fourth-order valence-electron chi connectivity index (χ4n) is 2.67. The molecule has 0 bridgehead atoms. The maximum absolute atomic E-state index is 12.2. The fraction of sp³-hybridized carbons (Fsp3) is 0.375. The second-order valence-corrected chi connectivity index (χ2v) is 5.24. The van der Waals surface area contributed by atoms with E-state index in [0.29, 0.717) is 12.8 Å². The van der Waals surface area contributed by atoms with Crippen molar-refractivity contribution in [2.24, 2.45) is 0 Å². The predicted molar refractivity (Wildman–Crippen MR) is 82.1 cm³/mol. The van der Waals surface area contributed by atoms with Crippen molar-refractivity contribution in [1.82, 2.24) is 14.9 Å². The van der Waals surface area contributed by atoms with Crippen LogP contribution >= 0.6 is 0 Å². The highest BCUT2D eigenvalue weighted by molar-refractivity contribution is 5.76. The van der Waals surface area contributed by atoms with Crippen LogP contribution in [0.15, 0.2) is 42.7 Å². The molecule has 0 spiro atoms.